The SMILES string of the molecule is CCOP(=O)(Nc1ccc2c(c1)C(=O)c1ccccc1-2)OCC. The van der Waals surface area contributed by atoms with Crippen molar-refractivity contribution in [2.24, 2.45) is 0 Å². The first-order valence-corrected chi connectivity index (χ1v) is 9.08. The minimum atomic E-state index is -3.42. The topological polar surface area (TPSA) is 64.6 Å². The monoisotopic (exact) mass is 331 g/mol. The Balaban J connectivity index is 1.94. The lowest BCUT2D eigenvalue weighted by atomic mass is 10.1. The van der Waals surface area contributed by atoms with Gasteiger partial charge in [0.1, 0.15) is 0 Å². The lowest BCUT2D eigenvalue weighted by molar-refractivity contribution is 0.104. The molecule has 0 heterocycles. The van der Waals surface area contributed by atoms with Gasteiger partial charge in [0.2, 0.25) is 0 Å². The predicted octanol–water partition coefficient (Wildman–Crippen LogP) is 4.49. The average molecular weight is 331 g/mol. The van der Waals surface area contributed by atoms with Crippen molar-refractivity contribution in [3.05, 3.63) is 53.6 Å². The molecule has 2 aromatic rings. The van der Waals surface area contributed by atoms with Gasteiger partial charge in [-0.25, -0.2) is 4.57 Å². The summed E-state index contributed by atoms with van der Waals surface area (Å²) in [5.74, 6) is -0.0260. The second-order valence-corrected chi connectivity index (χ2v) is 6.81. The van der Waals surface area contributed by atoms with Gasteiger partial charge in [-0.1, -0.05) is 30.3 Å². The van der Waals surface area contributed by atoms with E-state index in [2.05, 4.69) is 5.09 Å². The third-order valence-corrected chi connectivity index (χ3v) is 5.32. The Morgan fingerprint density at radius 1 is 0.913 bits per heavy atom. The van der Waals surface area contributed by atoms with Crippen molar-refractivity contribution >= 4 is 19.2 Å². The molecule has 2 aromatic carbocycles. The van der Waals surface area contributed by atoms with Crippen LogP contribution in [0.2, 0.25) is 0 Å². The van der Waals surface area contributed by atoms with E-state index < -0.39 is 7.75 Å². The van der Waals surface area contributed by atoms with E-state index in [0.29, 0.717) is 16.8 Å². The van der Waals surface area contributed by atoms with Crippen LogP contribution in [0, 0.1) is 0 Å². The van der Waals surface area contributed by atoms with Gasteiger partial charge in [-0.15, -0.1) is 0 Å². The first-order valence-electron chi connectivity index (χ1n) is 7.53. The molecule has 0 saturated heterocycles. The summed E-state index contributed by atoms with van der Waals surface area (Å²) >= 11 is 0. The summed E-state index contributed by atoms with van der Waals surface area (Å²) in [5.41, 5.74) is 3.64. The second kappa shape index (κ2) is 6.28. The maximum atomic E-state index is 12.5. The summed E-state index contributed by atoms with van der Waals surface area (Å²) in [7, 11) is -3.42. The van der Waals surface area contributed by atoms with E-state index in [4.69, 9.17) is 9.05 Å². The number of hydrogen-bond acceptors (Lipinski definition) is 4. The van der Waals surface area contributed by atoms with Gasteiger partial charge < -0.3 is 0 Å². The number of anilines is 1. The van der Waals surface area contributed by atoms with Crippen LogP contribution in [0.25, 0.3) is 11.1 Å². The van der Waals surface area contributed by atoms with Gasteiger partial charge in [0, 0.05) is 16.8 Å². The fraction of sp³-hybridized carbons (Fsp3) is 0.235. The zero-order chi connectivity index (χ0) is 16.4. The van der Waals surface area contributed by atoms with Crippen LogP contribution < -0.4 is 5.09 Å². The molecule has 1 N–H and O–H groups in total. The third-order valence-electron chi connectivity index (χ3n) is 3.59. The summed E-state index contributed by atoms with van der Waals surface area (Å²) in [6, 6.07) is 12.8. The minimum Gasteiger partial charge on any atom is -0.293 e. The maximum absolute atomic E-state index is 12.5. The highest BCUT2D eigenvalue weighted by molar-refractivity contribution is 7.55. The molecular formula is C17H18NO4P. The molecule has 23 heavy (non-hydrogen) atoms. The predicted molar refractivity (Wildman–Crippen MR) is 89.8 cm³/mol. The lowest BCUT2D eigenvalue weighted by Crippen LogP contribution is -2.05. The lowest BCUT2D eigenvalue weighted by Gasteiger charge is -2.19. The molecular weight excluding hydrogens is 313 g/mol. The van der Waals surface area contributed by atoms with Crippen molar-refractivity contribution < 1.29 is 18.4 Å². The molecule has 0 unspecified atom stereocenters. The zero-order valence-electron chi connectivity index (χ0n) is 13.0. The number of benzene rings is 2. The molecule has 0 amide bonds. The Kier molecular flexibility index (Phi) is 4.35. The molecule has 0 atom stereocenters. The molecule has 0 fully saturated rings. The first-order chi connectivity index (χ1) is 11.1. The number of rotatable bonds is 6. The van der Waals surface area contributed by atoms with Crippen LogP contribution in [0.15, 0.2) is 42.5 Å². The second-order valence-electron chi connectivity index (χ2n) is 5.08. The average Bonchev–Trinajstić information content (AvgIpc) is 2.81. The van der Waals surface area contributed by atoms with Gasteiger partial charge >= 0.3 is 7.75 Å². The first kappa shape index (κ1) is 15.9. The minimum absolute atomic E-state index is 0.0260. The van der Waals surface area contributed by atoms with E-state index >= 15 is 0 Å². The van der Waals surface area contributed by atoms with Gasteiger partial charge in [-0.2, -0.15) is 0 Å². The zero-order valence-corrected chi connectivity index (χ0v) is 13.9. The van der Waals surface area contributed by atoms with Crippen molar-refractivity contribution in [1.29, 1.82) is 0 Å². The van der Waals surface area contributed by atoms with Gasteiger partial charge in [0.05, 0.1) is 13.2 Å². The van der Waals surface area contributed by atoms with Crippen LogP contribution in [0.1, 0.15) is 29.8 Å². The van der Waals surface area contributed by atoms with Gasteiger partial charge in [0.15, 0.2) is 5.78 Å². The van der Waals surface area contributed by atoms with Gasteiger partial charge in [-0.3, -0.25) is 18.9 Å². The van der Waals surface area contributed by atoms with Crippen LogP contribution >= 0.6 is 7.75 Å². The number of ketones is 1. The van der Waals surface area contributed by atoms with Gasteiger partial charge in [-0.05, 0) is 37.1 Å². The molecule has 0 aromatic heterocycles. The quantitative estimate of drug-likeness (QED) is 0.674. The summed E-state index contributed by atoms with van der Waals surface area (Å²) in [6.45, 7) is 4.02. The fourth-order valence-electron chi connectivity index (χ4n) is 2.70. The van der Waals surface area contributed by atoms with E-state index in [1.54, 1.807) is 26.0 Å². The summed E-state index contributed by atoms with van der Waals surface area (Å²) in [5, 5.41) is 2.79. The van der Waals surface area contributed by atoms with Crippen molar-refractivity contribution in [3.8, 4) is 11.1 Å². The van der Waals surface area contributed by atoms with Crippen molar-refractivity contribution in [2.45, 2.75) is 13.8 Å². The summed E-state index contributed by atoms with van der Waals surface area (Å²) in [6.07, 6.45) is 0. The third kappa shape index (κ3) is 2.95. The molecule has 0 saturated carbocycles. The largest absolute Gasteiger partial charge is 0.432 e. The number of nitrogens with one attached hydrogen (secondary N) is 1. The Bertz CT molecular complexity index is 793. The molecule has 1 aliphatic carbocycles. The fourth-order valence-corrected chi connectivity index (χ4v) is 4.04. The van der Waals surface area contributed by atoms with E-state index in [1.165, 1.54) is 0 Å². The van der Waals surface area contributed by atoms with E-state index in [1.807, 2.05) is 30.3 Å². The standard InChI is InChI=1S/C17H18NO4P/c1-3-21-23(20,22-4-2)18-12-9-10-14-13-7-5-6-8-15(13)17(19)16(14)11-12/h5-11H,3-4H2,1-2H3,(H,18,20). The van der Waals surface area contributed by atoms with Crippen LogP contribution in [0.5, 0.6) is 0 Å². The maximum Gasteiger partial charge on any atom is 0.432 e. The van der Waals surface area contributed by atoms with Crippen LogP contribution in [-0.4, -0.2) is 19.0 Å². The molecule has 0 bridgehead atoms. The summed E-state index contributed by atoms with van der Waals surface area (Å²) in [4.78, 5) is 12.5. The van der Waals surface area contributed by atoms with Crippen molar-refractivity contribution in [1.82, 2.24) is 0 Å². The Morgan fingerprint density at radius 3 is 2.17 bits per heavy atom. The molecule has 0 radical (unpaired) electrons. The van der Waals surface area contributed by atoms with E-state index in [0.717, 1.165) is 11.1 Å². The Labute approximate surface area is 135 Å². The van der Waals surface area contributed by atoms with Crippen LogP contribution in [0.3, 0.4) is 0 Å². The van der Waals surface area contributed by atoms with Crippen molar-refractivity contribution in [2.75, 3.05) is 18.3 Å². The molecule has 120 valence electrons. The number of carbonyl (C=O) groups is 1. The molecule has 0 spiro atoms. The van der Waals surface area contributed by atoms with E-state index in [9.17, 15) is 9.36 Å². The highest BCUT2D eigenvalue weighted by atomic mass is 31.2. The highest BCUT2D eigenvalue weighted by Crippen LogP contribution is 2.48. The van der Waals surface area contributed by atoms with Crippen LogP contribution in [0.4, 0.5) is 5.69 Å². The molecule has 3 rings (SSSR count). The summed E-state index contributed by atoms with van der Waals surface area (Å²) < 4.78 is 23.0. The molecule has 1 aliphatic rings. The smallest absolute Gasteiger partial charge is 0.293 e. The van der Waals surface area contributed by atoms with Crippen LogP contribution in [-0.2, 0) is 13.6 Å². The number of hydrogen-bond donors (Lipinski definition) is 1. The highest BCUT2D eigenvalue weighted by Gasteiger charge is 2.28. The Hall–Kier alpha value is -1.94. The molecule has 5 nitrogen and oxygen atoms in total. The number of fused-ring (bicyclic) bond motifs is 3. The van der Waals surface area contributed by atoms with E-state index in [-0.39, 0.29) is 19.0 Å². The van der Waals surface area contributed by atoms with Gasteiger partial charge in [0.25, 0.3) is 0 Å². The Morgan fingerprint density at radius 2 is 1.52 bits per heavy atom. The normalized spacial score (nSPS) is 12.9. The number of carbonyl (C=O) groups excluding carboxylic acids is 1. The molecule has 6 heteroatoms. The molecule has 0 aliphatic heterocycles. The van der Waals surface area contributed by atoms with Crippen molar-refractivity contribution in [3.63, 3.8) is 0 Å².